The molecule has 1 aliphatic heterocycles. The minimum absolute atomic E-state index is 0.0228. The molecule has 0 bridgehead atoms. The average molecular weight is 529 g/mol. The molecule has 1 saturated heterocycles. The summed E-state index contributed by atoms with van der Waals surface area (Å²) in [5, 5.41) is 2.95. The van der Waals surface area contributed by atoms with E-state index >= 15 is 0 Å². The molecule has 1 heterocycles. The van der Waals surface area contributed by atoms with E-state index in [0.717, 1.165) is 44.3 Å². The van der Waals surface area contributed by atoms with Crippen molar-refractivity contribution in [1.29, 1.82) is 0 Å². The molecule has 38 heavy (non-hydrogen) atoms. The van der Waals surface area contributed by atoms with Gasteiger partial charge in [-0.05, 0) is 62.1 Å². The van der Waals surface area contributed by atoms with Gasteiger partial charge < -0.3 is 19.7 Å². The van der Waals surface area contributed by atoms with E-state index in [2.05, 4.69) is 12.2 Å². The molecule has 4 atom stereocenters. The van der Waals surface area contributed by atoms with Crippen LogP contribution in [0.15, 0.2) is 24.3 Å². The van der Waals surface area contributed by atoms with Gasteiger partial charge in [0, 0.05) is 25.4 Å². The molecule has 2 amide bonds. The standard InChI is InChI=1S/C31H48N2O5/c1-4-6-7-10-23(3)30(35)32-17-18-38-28-15-13-24(14-16-28)19-27(31(36)37-5-2)20-29(34)33-21-25-11-8-9-12-26(25)22-33/h13-16,23,25-27H,4-12,17-22H2,1-3H3,(H,32,35). The van der Waals surface area contributed by atoms with Crippen molar-refractivity contribution in [2.45, 2.75) is 85.0 Å². The van der Waals surface area contributed by atoms with Crippen LogP contribution in [0.5, 0.6) is 5.75 Å². The number of esters is 1. The number of benzene rings is 1. The van der Waals surface area contributed by atoms with E-state index in [-0.39, 0.29) is 30.1 Å². The smallest absolute Gasteiger partial charge is 0.309 e. The Morgan fingerprint density at radius 3 is 2.34 bits per heavy atom. The van der Waals surface area contributed by atoms with Crippen LogP contribution >= 0.6 is 0 Å². The molecule has 0 aromatic heterocycles. The molecule has 1 N–H and O–H groups in total. The lowest BCUT2D eigenvalue weighted by Crippen LogP contribution is -2.33. The van der Waals surface area contributed by atoms with Crippen LogP contribution in [0.25, 0.3) is 0 Å². The summed E-state index contributed by atoms with van der Waals surface area (Å²) in [4.78, 5) is 40.0. The maximum atomic E-state index is 13.1. The molecular formula is C31H48N2O5. The summed E-state index contributed by atoms with van der Waals surface area (Å²) in [6.45, 7) is 8.76. The fourth-order valence-electron chi connectivity index (χ4n) is 5.80. The third-order valence-electron chi connectivity index (χ3n) is 8.13. The van der Waals surface area contributed by atoms with Gasteiger partial charge in [0.15, 0.2) is 0 Å². The predicted molar refractivity (Wildman–Crippen MR) is 149 cm³/mol. The zero-order valence-electron chi connectivity index (χ0n) is 23.7. The summed E-state index contributed by atoms with van der Waals surface area (Å²) >= 11 is 0. The highest BCUT2D eigenvalue weighted by atomic mass is 16.5. The molecule has 0 spiro atoms. The Hall–Kier alpha value is -2.57. The Morgan fingerprint density at radius 2 is 1.71 bits per heavy atom. The summed E-state index contributed by atoms with van der Waals surface area (Å²) in [5.74, 6) is 1.33. The van der Waals surface area contributed by atoms with Gasteiger partial charge >= 0.3 is 5.97 Å². The van der Waals surface area contributed by atoms with E-state index in [4.69, 9.17) is 9.47 Å². The van der Waals surface area contributed by atoms with Gasteiger partial charge in [-0.3, -0.25) is 14.4 Å². The predicted octanol–water partition coefficient (Wildman–Crippen LogP) is 5.16. The summed E-state index contributed by atoms with van der Waals surface area (Å²) in [5.41, 5.74) is 0.965. The van der Waals surface area contributed by atoms with Crippen molar-refractivity contribution in [3.05, 3.63) is 29.8 Å². The zero-order valence-corrected chi connectivity index (χ0v) is 23.7. The van der Waals surface area contributed by atoms with Crippen LogP contribution < -0.4 is 10.1 Å². The molecular weight excluding hydrogens is 480 g/mol. The molecule has 2 fully saturated rings. The number of rotatable bonds is 15. The number of carbonyl (C=O) groups is 3. The summed E-state index contributed by atoms with van der Waals surface area (Å²) in [7, 11) is 0. The van der Waals surface area contributed by atoms with Gasteiger partial charge in [0.1, 0.15) is 12.4 Å². The van der Waals surface area contributed by atoms with Crippen molar-refractivity contribution < 1.29 is 23.9 Å². The van der Waals surface area contributed by atoms with Crippen LogP contribution in [0.1, 0.15) is 84.1 Å². The average Bonchev–Trinajstić information content (AvgIpc) is 3.36. The lowest BCUT2D eigenvalue weighted by atomic mass is 9.82. The minimum atomic E-state index is -0.494. The van der Waals surface area contributed by atoms with Crippen molar-refractivity contribution >= 4 is 17.8 Å². The highest BCUT2D eigenvalue weighted by Gasteiger charge is 2.37. The summed E-state index contributed by atoms with van der Waals surface area (Å²) in [6.07, 6.45) is 9.92. The van der Waals surface area contributed by atoms with Crippen molar-refractivity contribution in [2.75, 3.05) is 32.8 Å². The second-order valence-corrected chi connectivity index (χ2v) is 11.1. The van der Waals surface area contributed by atoms with E-state index in [9.17, 15) is 14.4 Å². The number of hydrogen-bond acceptors (Lipinski definition) is 5. The molecule has 2 aliphatic rings. The number of fused-ring (bicyclic) bond motifs is 1. The van der Waals surface area contributed by atoms with Crippen molar-refractivity contribution in [1.82, 2.24) is 10.2 Å². The third kappa shape index (κ3) is 9.32. The Balaban J connectivity index is 1.45. The van der Waals surface area contributed by atoms with E-state index in [1.165, 1.54) is 25.7 Å². The van der Waals surface area contributed by atoms with Gasteiger partial charge in [-0.15, -0.1) is 0 Å². The maximum Gasteiger partial charge on any atom is 0.309 e. The monoisotopic (exact) mass is 528 g/mol. The van der Waals surface area contributed by atoms with Gasteiger partial charge in [-0.1, -0.05) is 58.1 Å². The third-order valence-corrected chi connectivity index (χ3v) is 8.13. The van der Waals surface area contributed by atoms with Gasteiger partial charge in [0.25, 0.3) is 0 Å². The van der Waals surface area contributed by atoms with Gasteiger partial charge in [-0.2, -0.15) is 0 Å². The first-order chi connectivity index (χ1) is 18.4. The molecule has 1 aromatic rings. The van der Waals surface area contributed by atoms with E-state index < -0.39 is 5.92 Å². The highest BCUT2D eigenvalue weighted by molar-refractivity contribution is 5.83. The first-order valence-corrected chi connectivity index (χ1v) is 14.8. The number of ether oxygens (including phenoxy) is 2. The first-order valence-electron chi connectivity index (χ1n) is 14.8. The van der Waals surface area contributed by atoms with Crippen LogP contribution in [0.2, 0.25) is 0 Å². The number of hydrogen-bond donors (Lipinski definition) is 1. The molecule has 7 nitrogen and oxygen atoms in total. The van der Waals surface area contributed by atoms with Gasteiger partial charge in [0.05, 0.1) is 19.1 Å². The maximum absolute atomic E-state index is 13.1. The SMILES string of the molecule is CCCCCC(C)C(=O)NCCOc1ccc(CC(CC(=O)N2CC3CCCCC3C2)C(=O)OCC)cc1. The lowest BCUT2D eigenvalue weighted by molar-refractivity contribution is -0.151. The number of nitrogens with zero attached hydrogens (tertiary/aromatic N) is 1. The normalized spacial score (nSPS) is 20.3. The number of carbonyl (C=O) groups excluding carboxylic acids is 3. The number of nitrogens with one attached hydrogen (secondary N) is 1. The zero-order chi connectivity index (χ0) is 27.3. The van der Waals surface area contributed by atoms with Gasteiger partial charge in [0.2, 0.25) is 11.8 Å². The topological polar surface area (TPSA) is 84.9 Å². The van der Waals surface area contributed by atoms with E-state index in [0.29, 0.717) is 43.8 Å². The molecule has 1 saturated carbocycles. The Morgan fingerprint density at radius 1 is 1.03 bits per heavy atom. The fraction of sp³-hybridized carbons (Fsp3) is 0.710. The number of amides is 2. The second-order valence-electron chi connectivity index (χ2n) is 11.1. The van der Waals surface area contributed by atoms with Crippen molar-refractivity contribution in [3.8, 4) is 5.75 Å². The molecule has 1 aliphatic carbocycles. The van der Waals surface area contributed by atoms with Crippen LogP contribution in [0.3, 0.4) is 0 Å². The van der Waals surface area contributed by atoms with Crippen LogP contribution in [-0.2, 0) is 25.5 Å². The van der Waals surface area contributed by atoms with Crippen molar-refractivity contribution in [2.24, 2.45) is 23.7 Å². The molecule has 7 heteroatoms. The highest BCUT2D eigenvalue weighted by Crippen LogP contribution is 2.36. The quantitative estimate of drug-likeness (QED) is 0.251. The van der Waals surface area contributed by atoms with Crippen LogP contribution in [0.4, 0.5) is 0 Å². The molecule has 3 rings (SSSR count). The molecule has 212 valence electrons. The van der Waals surface area contributed by atoms with E-state index in [1.807, 2.05) is 36.1 Å². The Bertz CT molecular complexity index is 873. The largest absolute Gasteiger partial charge is 0.492 e. The first kappa shape index (κ1) is 30.0. The van der Waals surface area contributed by atoms with Gasteiger partial charge in [-0.25, -0.2) is 0 Å². The van der Waals surface area contributed by atoms with Crippen molar-refractivity contribution in [3.63, 3.8) is 0 Å². The summed E-state index contributed by atoms with van der Waals surface area (Å²) in [6, 6.07) is 7.62. The van der Waals surface area contributed by atoms with Crippen LogP contribution in [-0.4, -0.2) is 55.5 Å². The second kappa shape index (κ2) is 15.7. The Labute approximate surface area is 229 Å². The molecule has 1 aromatic carbocycles. The minimum Gasteiger partial charge on any atom is -0.492 e. The van der Waals surface area contributed by atoms with E-state index in [1.54, 1.807) is 6.92 Å². The fourth-order valence-corrected chi connectivity index (χ4v) is 5.80. The van der Waals surface area contributed by atoms with Crippen LogP contribution in [0, 0.1) is 23.7 Å². The Kier molecular flexibility index (Phi) is 12.4. The number of likely N-dealkylation sites (tertiary alicyclic amines) is 1. The molecule has 0 radical (unpaired) electrons. The molecule has 4 unspecified atom stereocenters. The summed E-state index contributed by atoms with van der Waals surface area (Å²) < 4.78 is 11.1. The lowest BCUT2D eigenvalue weighted by Gasteiger charge is -2.22. The number of unbranched alkanes of at least 4 members (excludes halogenated alkanes) is 2.